The quantitative estimate of drug-likeness (QED) is 0.490. The Kier molecular flexibility index (Phi) is 7.01. The van der Waals surface area contributed by atoms with Crippen LogP contribution in [0.1, 0.15) is 22.6 Å². The summed E-state index contributed by atoms with van der Waals surface area (Å²) in [6, 6.07) is 24.9. The maximum Gasteiger partial charge on any atom is 0.213 e. The molecule has 2 aromatic carbocycles. The van der Waals surface area contributed by atoms with Gasteiger partial charge in [0.2, 0.25) is 5.88 Å². The first-order chi connectivity index (χ1) is 13.8. The standard InChI is InChI=1S/C23H26N4O/c1-24-23(26-16-18-13-14-25-22(15-18)28-2)27-17-21(19-9-5-3-6-10-19)20-11-7-4-8-12-20/h3-15,21H,16-17H2,1-2H3,(H2,24,26,27). The van der Waals surface area contributed by atoms with Crippen LogP contribution in [0.15, 0.2) is 84.0 Å². The van der Waals surface area contributed by atoms with Gasteiger partial charge in [0.25, 0.3) is 0 Å². The van der Waals surface area contributed by atoms with E-state index in [0.29, 0.717) is 12.4 Å². The van der Waals surface area contributed by atoms with Crippen molar-refractivity contribution in [2.45, 2.75) is 12.5 Å². The van der Waals surface area contributed by atoms with E-state index in [2.05, 4.69) is 69.1 Å². The Balaban J connectivity index is 1.66. The molecule has 5 nitrogen and oxygen atoms in total. The highest BCUT2D eigenvalue weighted by atomic mass is 16.5. The number of hydrogen-bond donors (Lipinski definition) is 2. The molecule has 0 atom stereocenters. The van der Waals surface area contributed by atoms with Crippen LogP contribution in [0.2, 0.25) is 0 Å². The molecule has 0 saturated carbocycles. The Morgan fingerprint density at radius 3 is 2.18 bits per heavy atom. The van der Waals surface area contributed by atoms with E-state index in [9.17, 15) is 0 Å². The third kappa shape index (κ3) is 5.33. The summed E-state index contributed by atoms with van der Waals surface area (Å²) in [5.41, 5.74) is 3.63. The molecule has 1 heterocycles. The van der Waals surface area contributed by atoms with Gasteiger partial charge in [0.15, 0.2) is 5.96 Å². The lowest BCUT2D eigenvalue weighted by molar-refractivity contribution is 0.397. The molecule has 0 aliphatic carbocycles. The minimum atomic E-state index is 0.238. The van der Waals surface area contributed by atoms with Gasteiger partial charge in [-0.2, -0.15) is 0 Å². The highest BCUT2D eigenvalue weighted by Crippen LogP contribution is 2.23. The molecule has 28 heavy (non-hydrogen) atoms. The molecule has 3 rings (SSSR count). The topological polar surface area (TPSA) is 58.5 Å². The largest absolute Gasteiger partial charge is 0.481 e. The molecule has 0 aliphatic rings. The minimum Gasteiger partial charge on any atom is -0.481 e. The summed E-state index contributed by atoms with van der Waals surface area (Å²) in [4.78, 5) is 8.49. The van der Waals surface area contributed by atoms with Crippen LogP contribution in [0.5, 0.6) is 5.88 Å². The second kappa shape index (κ2) is 10.1. The number of benzene rings is 2. The van der Waals surface area contributed by atoms with E-state index in [1.807, 2.05) is 24.3 Å². The molecule has 0 aliphatic heterocycles. The van der Waals surface area contributed by atoms with E-state index in [1.54, 1.807) is 20.4 Å². The number of hydrogen-bond acceptors (Lipinski definition) is 3. The zero-order valence-electron chi connectivity index (χ0n) is 16.3. The van der Waals surface area contributed by atoms with E-state index in [4.69, 9.17) is 4.74 Å². The number of ether oxygens (including phenoxy) is 1. The first-order valence-electron chi connectivity index (χ1n) is 9.33. The van der Waals surface area contributed by atoms with Crippen LogP contribution in [0, 0.1) is 0 Å². The van der Waals surface area contributed by atoms with Crippen LogP contribution in [0.3, 0.4) is 0 Å². The van der Waals surface area contributed by atoms with Gasteiger partial charge < -0.3 is 15.4 Å². The van der Waals surface area contributed by atoms with Gasteiger partial charge in [-0.05, 0) is 22.8 Å². The Bertz CT molecular complexity index is 842. The lowest BCUT2D eigenvalue weighted by Gasteiger charge is -2.20. The number of aliphatic imine (C=N–C) groups is 1. The number of nitrogens with zero attached hydrogens (tertiary/aromatic N) is 2. The number of methoxy groups -OCH3 is 1. The monoisotopic (exact) mass is 374 g/mol. The van der Waals surface area contributed by atoms with E-state index in [-0.39, 0.29) is 5.92 Å². The van der Waals surface area contributed by atoms with Gasteiger partial charge in [-0.3, -0.25) is 4.99 Å². The second-order valence-electron chi connectivity index (χ2n) is 6.39. The predicted molar refractivity (Wildman–Crippen MR) is 114 cm³/mol. The van der Waals surface area contributed by atoms with E-state index in [1.165, 1.54) is 11.1 Å². The second-order valence-corrected chi connectivity index (χ2v) is 6.39. The van der Waals surface area contributed by atoms with Crippen LogP contribution in [-0.4, -0.2) is 31.6 Å². The third-order valence-corrected chi connectivity index (χ3v) is 4.57. The molecule has 3 aromatic rings. The molecule has 0 spiro atoms. The van der Waals surface area contributed by atoms with E-state index < -0.39 is 0 Å². The molecule has 0 saturated heterocycles. The highest BCUT2D eigenvalue weighted by molar-refractivity contribution is 5.79. The van der Waals surface area contributed by atoms with Crippen LogP contribution in [-0.2, 0) is 6.54 Å². The lowest BCUT2D eigenvalue weighted by atomic mass is 9.91. The summed E-state index contributed by atoms with van der Waals surface area (Å²) in [6.07, 6.45) is 1.74. The molecule has 1 aromatic heterocycles. The van der Waals surface area contributed by atoms with E-state index in [0.717, 1.165) is 18.1 Å². The zero-order valence-corrected chi connectivity index (χ0v) is 16.3. The van der Waals surface area contributed by atoms with Crippen LogP contribution in [0.4, 0.5) is 0 Å². The molecule has 0 fully saturated rings. The van der Waals surface area contributed by atoms with Crippen LogP contribution < -0.4 is 15.4 Å². The highest BCUT2D eigenvalue weighted by Gasteiger charge is 2.14. The third-order valence-electron chi connectivity index (χ3n) is 4.57. The first-order valence-corrected chi connectivity index (χ1v) is 9.33. The van der Waals surface area contributed by atoms with Crippen molar-refractivity contribution in [3.63, 3.8) is 0 Å². The number of guanidine groups is 1. The van der Waals surface area contributed by atoms with Crippen LogP contribution >= 0.6 is 0 Å². The smallest absolute Gasteiger partial charge is 0.213 e. The normalized spacial score (nSPS) is 11.3. The number of rotatable bonds is 7. The molecule has 2 N–H and O–H groups in total. The fraction of sp³-hybridized carbons (Fsp3) is 0.217. The zero-order chi connectivity index (χ0) is 19.6. The summed E-state index contributed by atoms with van der Waals surface area (Å²) in [5.74, 6) is 1.60. The molecular weight excluding hydrogens is 348 g/mol. The Morgan fingerprint density at radius 2 is 1.61 bits per heavy atom. The van der Waals surface area contributed by atoms with Gasteiger partial charge in [0.1, 0.15) is 0 Å². The van der Waals surface area contributed by atoms with Crippen molar-refractivity contribution < 1.29 is 4.74 Å². The first kappa shape index (κ1) is 19.4. The number of pyridine rings is 1. The maximum atomic E-state index is 5.18. The average Bonchev–Trinajstić information content (AvgIpc) is 2.77. The van der Waals surface area contributed by atoms with E-state index >= 15 is 0 Å². The molecule has 5 heteroatoms. The summed E-state index contributed by atoms with van der Waals surface area (Å²) in [5, 5.41) is 6.81. The van der Waals surface area contributed by atoms with Crippen molar-refractivity contribution >= 4 is 5.96 Å². The Labute approximate surface area is 166 Å². The van der Waals surface area contributed by atoms with Gasteiger partial charge >= 0.3 is 0 Å². The molecule has 0 unspecified atom stereocenters. The van der Waals surface area contributed by atoms with Crippen molar-refractivity contribution in [1.29, 1.82) is 0 Å². The molecule has 144 valence electrons. The van der Waals surface area contributed by atoms with Gasteiger partial charge in [0, 0.05) is 38.3 Å². The summed E-state index contributed by atoms with van der Waals surface area (Å²) in [7, 11) is 3.40. The fourth-order valence-electron chi connectivity index (χ4n) is 3.08. The van der Waals surface area contributed by atoms with Gasteiger partial charge in [0.05, 0.1) is 7.11 Å². The van der Waals surface area contributed by atoms with Crippen molar-refractivity contribution in [2.24, 2.45) is 4.99 Å². The van der Waals surface area contributed by atoms with Gasteiger partial charge in [-0.1, -0.05) is 60.7 Å². The summed E-state index contributed by atoms with van der Waals surface area (Å²) >= 11 is 0. The van der Waals surface area contributed by atoms with Crippen molar-refractivity contribution in [3.05, 3.63) is 95.7 Å². The Hall–Kier alpha value is -3.34. The number of aromatic nitrogens is 1. The van der Waals surface area contributed by atoms with Crippen molar-refractivity contribution in [3.8, 4) is 5.88 Å². The average molecular weight is 374 g/mol. The van der Waals surface area contributed by atoms with Crippen molar-refractivity contribution in [1.82, 2.24) is 15.6 Å². The summed E-state index contributed by atoms with van der Waals surface area (Å²) in [6.45, 7) is 1.38. The van der Waals surface area contributed by atoms with Crippen molar-refractivity contribution in [2.75, 3.05) is 20.7 Å². The lowest BCUT2D eigenvalue weighted by Crippen LogP contribution is -2.39. The molecule has 0 bridgehead atoms. The SMILES string of the molecule is CN=C(NCc1ccnc(OC)c1)NCC(c1ccccc1)c1ccccc1. The maximum absolute atomic E-state index is 5.18. The van der Waals surface area contributed by atoms with Crippen LogP contribution in [0.25, 0.3) is 0 Å². The fourth-order valence-corrected chi connectivity index (χ4v) is 3.08. The predicted octanol–water partition coefficient (Wildman–Crippen LogP) is 3.59. The molecular formula is C23H26N4O. The molecule has 0 radical (unpaired) electrons. The minimum absolute atomic E-state index is 0.238. The Morgan fingerprint density at radius 1 is 0.964 bits per heavy atom. The number of nitrogens with one attached hydrogen (secondary N) is 2. The van der Waals surface area contributed by atoms with Gasteiger partial charge in [-0.25, -0.2) is 4.98 Å². The molecule has 0 amide bonds. The van der Waals surface area contributed by atoms with Gasteiger partial charge in [-0.15, -0.1) is 0 Å². The summed E-state index contributed by atoms with van der Waals surface area (Å²) < 4.78 is 5.18.